The number of carbonyl (C=O) groups excluding carboxylic acids is 1. The number of aromatic nitrogens is 2. The van der Waals surface area contributed by atoms with Gasteiger partial charge in [0.1, 0.15) is 17.6 Å². The molecule has 1 heterocycles. The first-order valence-electron chi connectivity index (χ1n) is 8.08. The maximum Gasteiger partial charge on any atom is 0.271 e. The molecule has 1 amide bonds. The van der Waals surface area contributed by atoms with E-state index in [1.165, 1.54) is 12.4 Å². The van der Waals surface area contributed by atoms with E-state index in [4.69, 9.17) is 5.26 Å². The highest BCUT2D eigenvalue weighted by atomic mass is 16.1. The van der Waals surface area contributed by atoms with Crippen LogP contribution in [0.25, 0.3) is 0 Å². The minimum absolute atomic E-state index is 0.234. The number of hydrogen-bond donors (Lipinski definition) is 2. The van der Waals surface area contributed by atoms with Gasteiger partial charge in [0.25, 0.3) is 5.91 Å². The molecule has 128 valence electrons. The fourth-order valence-electron chi connectivity index (χ4n) is 2.41. The van der Waals surface area contributed by atoms with Gasteiger partial charge in [-0.05, 0) is 30.2 Å². The Hall–Kier alpha value is -3.72. The SMILES string of the molecule is Cc1ccccc1CNC(=O)c1cnc(Nc2ccccc2C#N)cn1. The standard InChI is InChI=1S/C20H17N5O/c1-14-6-2-3-8-16(14)11-24-20(26)18-12-23-19(13-22-18)25-17-9-5-4-7-15(17)10-21/h2-9,12-13H,11H2,1H3,(H,23,25)(H,24,26). The van der Waals surface area contributed by atoms with Crippen molar-refractivity contribution in [1.29, 1.82) is 5.26 Å². The van der Waals surface area contributed by atoms with Gasteiger partial charge in [-0.1, -0.05) is 36.4 Å². The van der Waals surface area contributed by atoms with Crippen molar-refractivity contribution in [2.75, 3.05) is 5.32 Å². The first kappa shape index (κ1) is 17.1. The number of benzene rings is 2. The zero-order valence-corrected chi connectivity index (χ0v) is 14.2. The number of nitrogens with zero attached hydrogens (tertiary/aromatic N) is 3. The smallest absolute Gasteiger partial charge is 0.271 e. The van der Waals surface area contributed by atoms with Gasteiger partial charge in [-0.25, -0.2) is 9.97 Å². The van der Waals surface area contributed by atoms with Gasteiger partial charge in [0.15, 0.2) is 0 Å². The molecule has 3 aromatic rings. The lowest BCUT2D eigenvalue weighted by molar-refractivity contribution is 0.0945. The highest BCUT2D eigenvalue weighted by Gasteiger charge is 2.09. The minimum atomic E-state index is -0.287. The van der Waals surface area contributed by atoms with E-state index in [1.807, 2.05) is 37.3 Å². The average Bonchev–Trinajstić information content (AvgIpc) is 2.68. The van der Waals surface area contributed by atoms with Crippen LogP contribution in [0.1, 0.15) is 27.2 Å². The number of nitrogens with one attached hydrogen (secondary N) is 2. The Balaban J connectivity index is 1.65. The molecule has 0 aliphatic rings. The fraction of sp³-hybridized carbons (Fsp3) is 0.100. The van der Waals surface area contributed by atoms with Gasteiger partial charge in [-0.2, -0.15) is 5.26 Å². The number of para-hydroxylation sites is 1. The Labute approximate surface area is 151 Å². The molecule has 3 rings (SSSR count). The quantitative estimate of drug-likeness (QED) is 0.741. The molecule has 0 saturated heterocycles. The zero-order valence-electron chi connectivity index (χ0n) is 14.2. The second-order valence-corrected chi connectivity index (χ2v) is 5.68. The van der Waals surface area contributed by atoms with Crippen molar-refractivity contribution in [2.24, 2.45) is 0 Å². The second-order valence-electron chi connectivity index (χ2n) is 5.68. The molecule has 0 atom stereocenters. The third kappa shape index (κ3) is 4.02. The monoisotopic (exact) mass is 343 g/mol. The molecular weight excluding hydrogens is 326 g/mol. The van der Waals surface area contributed by atoms with Gasteiger partial charge in [0.05, 0.1) is 23.6 Å². The molecule has 0 spiro atoms. The summed E-state index contributed by atoms with van der Waals surface area (Å²) in [6.45, 7) is 2.43. The first-order valence-corrected chi connectivity index (χ1v) is 8.08. The number of aryl methyl sites for hydroxylation is 1. The molecule has 1 aromatic heterocycles. The second kappa shape index (κ2) is 7.90. The van der Waals surface area contributed by atoms with Crippen LogP contribution >= 0.6 is 0 Å². The Morgan fingerprint density at radius 3 is 2.58 bits per heavy atom. The highest BCUT2D eigenvalue weighted by molar-refractivity contribution is 5.92. The van der Waals surface area contributed by atoms with Gasteiger partial charge in [-0.3, -0.25) is 4.79 Å². The highest BCUT2D eigenvalue weighted by Crippen LogP contribution is 2.18. The third-order valence-electron chi connectivity index (χ3n) is 3.90. The van der Waals surface area contributed by atoms with Crippen LogP contribution in [-0.2, 0) is 6.54 Å². The Morgan fingerprint density at radius 2 is 1.85 bits per heavy atom. The third-order valence-corrected chi connectivity index (χ3v) is 3.90. The summed E-state index contributed by atoms with van der Waals surface area (Å²) in [5.41, 5.74) is 3.56. The molecule has 0 fully saturated rings. The van der Waals surface area contributed by atoms with Crippen molar-refractivity contribution in [3.05, 3.63) is 83.3 Å². The minimum Gasteiger partial charge on any atom is -0.347 e. The predicted octanol–water partition coefficient (Wildman–Crippen LogP) is 3.33. The molecule has 6 heteroatoms. The van der Waals surface area contributed by atoms with E-state index in [2.05, 4.69) is 26.7 Å². The van der Waals surface area contributed by atoms with E-state index < -0.39 is 0 Å². The van der Waals surface area contributed by atoms with Gasteiger partial charge < -0.3 is 10.6 Å². The summed E-state index contributed by atoms with van der Waals surface area (Å²) in [6, 6.07) is 17.1. The van der Waals surface area contributed by atoms with Gasteiger partial charge >= 0.3 is 0 Å². The molecular formula is C20H17N5O. The topological polar surface area (TPSA) is 90.7 Å². The number of anilines is 2. The number of carbonyl (C=O) groups is 1. The van der Waals surface area contributed by atoms with Gasteiger partial charge in [-0.15, -0.1) is 0 Å². The van der Waals surface area contributed by atoms with Crippen molar-refractivity contribution < 1.29 is 4.79 Å². The summed E-state index contributed by atoms with van der Waals surface area (Å²) in [4.78, 5) is 20.6. The van der Waals surface area contributed by atoms with Crippen LogP contribution in [0.4, 0.5) is 11.5 Å². The summed E-state index contributed by atoms with van der Waals surface area (Å²) in [7, 11) is 0. The molecule has 2 aromatic carbocycles. The normalized spacial score (nSPS) is 10.0. The average molecular weight is 343 g/mol. The van der Waals surface area contributed by atoms with Gasteiger partial charge in [0, 0.05) is 6.54 Å². The van der Waals surface area contributed by atoms with Crippen LogP contribution in [0.5, 0.6) is 0 Å². The van der Waals surface area contributed by atoms with Crippen LogP contribution < -0.4 is 10.6 Å². The largest absolute Gasteiger partial charge is 0.347 e. The number of hydrogen-bond acceptors (Lipinski definition) is 5. The lowest BCUT2D eigenvalue weighted by Gasteiger charge is -2.09. The predicted molar refractivity (Wildman–Crippen MR) is 98.8 cm³/mol. The Morgan fingerprint density at radius 1 is 1.08 bits per heavy atom. The van der Waals surface area contributed by atoms with E-state index in [0.29, 0.717) is 23.6 Å². The molecule has 0 aliphatic heterocycles. The zero-order chi connectivity index (χ0) is 18.4. The molecule has 0 radical (unpaired) electrons. The molecule has 6 nitrogen and oxygen atoms in total. The molecule has 2 N–H and O–H groups in total. The van der Waals surface area contributed by atoms with E-state index in [9.17, 15) is 4.79 Å². The first-order chi connectivity index (χ1) is 12.7. The van der Waals surface area contributed by atoms with Crippen molar-refractivity contribution in [1.82, 2.24) is 15.3 Å². The van der Waals surface area contributed by atoms with Crippen LogP contribution in [0.2, 0.25) is 0 Å². The maximum absolute atomic E-state index is 12.2. The van der Waals surface area contributed by atoms with Crippen LogP contribution in [-0.4, -0.2) is 15.9 Å². The Kier molecular flexibility index (Phi) is 5.20. The summed E-state index contributed by atoms with van der Waals surface area (Å²) >= 11 is 0. The number of rotatable bonds is 5. The van der Waals surface area contributed by atoms with E-state index in [0.717, 1.165) is 11.1 Å². The van der Waals surface area contributed by atoms with E-state index >= 15 is 0 Å². The Bertz CT molecular complexity index is 960. The summed E-state index contributed by atoms with van der Waals surface area (Å²) in [5, 5.41) is 15.0. The molecule has 26 heavy (non-hydrogen) atoms. The maximum atomic E-state index is 12.2. The molecule has 0 bridgehead atoms. The summed E-state index contributed by atoms with van der Waals surface area (Å²) < 4.78 is 0. The molecule has 0 saturated carbocycles. The van der Waals surface area contributed by atoms with E-state index in [1.54, 1.807) is 18.2 Å². The summed E-state index contributed by atoms with van der Waals surface area (Å²) in [6.07, 6.45) is 2.88. The molecule has 0 unspecified atom stereocenters. The lowest BCUT2D eigenvalue weighted by atomic mass is 10.1. The van der Waals surface area contributed by atoms with E-state index in [-0.39, 0.29) is 11.6 Å². The number of amides is 1. The van der Waals surface area contributed by atoms with Crippen molar-refractivity contribution in [3.63, 3.8) is 0 Å². The lowest BCUT2D eigenvalue weighted by Crippen LogP contribution is -2.24. The summed E-state index contributed by atoms with van der Waals surface area (Å²) in [5.74, 6) is 0.174. The fourth-order valence-corrected chi connectivity index (χ4v) is 2.41. The van der Waals surface area contributed by atoms with Crippen LogP contribution in [0.3, 0.4) is 0 Å². The van der Waals surface area contributed by atoms with Crippen molar-refractivity contribution >= 4 is 17.4 Å². The van der Waals surface area contributed by atoms with Crippen molar-refractivity contribution in [3.8, 4) is 6.07 Å². The van der Waals surface area contributed by atoms with Crippen LogP contribution in [0, 0.1) is 18.3 Å². The van der Waals surface area contributed by atoms with Gasteiger partial charge in [0.2, 0.25) is 0 Å². The number of nitriles is 1. The molecule has 0 aliphatic carbocycles. The van der Waals surface area contributed by atoms with Crippen molar-refractivity contribution in [2.45, 2.75) is 13.5 Å². The van der Waals surface area contributed by atoms with Crippen LogP contribution in [0.15, 0.2) is 60.9 Å².